The van der Waals surface area contributed by atoms with Crippen LogP contribution in [0.5, 0.6) is 0 Å². The Morgan fingerprint density at radius 2 is 0.581 bits per heavy atom. The van der Waals surface area contributed by atoms with Crippen LogP contribution in [-0.4, -0.2) is 49.5 Å². The highest BCUT2D eigenvalue weighted by Crippen LogP contribution is 2.73. The summed E-state index contributed by atoms with van der Waals surface area (Å²) in [5.74, 6) is -2.05. The lowest BCUT2D eigenvalue weighted by atomic mass is 10.0. The number of hydrogen-bond acceptors (Lipinski definition) is 1. The van der Waals surface area contributed by atoms with Crippen LogP contribution in [0.25, 0.3) is 0 Å². The zero-order chi connectivity index (χ0) is 26.1. The number of carboxylic acids is 1. The van der Waals surface area contributed by atoms with E-state index in [-0.39, 0.29) is 0 Å². The largest absolute Gasteiger partial charge is 0.479 e. The van der Waals surface area contributed by atoms with Gasteiger partial charge in [0.15, 0.2) is 26.0 Å². The number of alkyl halides is 19. The minimum Gasteiger partial charge on any atom is -0.479 e. The molecule has 0 aromatic heterocycles. The van der Waals surface area contributed by atoms with Crippen LogP contribution in [0, 0.1) is 0 Å². The van der Waals surface area contributed by atoms with Crippen molar-refractivity contribution in [3.05, 3.63) is 0 Å². The van der Waals surface area contributed by atoms with Crippen molar-refractivity contribution in [2.75, 3.05) is 0 Å². The first-order valence-corrected chi connectivity index (χ1v) is 13.4. The molecule has 0 aliphatic carbocycles. The zero-order valence-electron chi connectivity index (χ0n) is 13.0. The third-order valence-electron chi connectivity index (χ3n) is 3.38. The Balaban J connectivity index is 6.95. The van der Waals surface area contributed by atoms with Gasteiger partial charge in [0.2, 0.25) is 12.5 Å². The second-order valence-electron chi connectivity index (χ2n) is 5.40. The minimum atomic E-state index is -3.27. The van der Waals surface area contributed by atoms with Gasteiger partial charge < -0.3 is 5.11 Å². The van der Waals surface area contributed by atoms with Crippen molar-refractivity contribution >= 4 is 226 Å². The predicted molar refractivity (Wildman–Crippen MR) is 143 cm³/mol. The molecule has 0 heterocycles. The van der Waals surface area contributed by atoms with Gasteiger partial charge in [-0.25, -0.2) is 4.79 Å². The molecule has 0 rings (SSSR count). The van der Waals surface area contributed by atoms with Crippen molar-refractivity contribution < 1.29 is 9.90 Å². The molecule has 0 aliphatic heterocycles. The normalized spacial score (nSPS) is 16.5. The van der Waals surface area contributed by atoms with E-state index in [0.29, 0.717) is 0 Å². The maximum Gasteiger partial charge on any atom is 0.343 e. The molecule has 0 radical (unpaired) electrons. The average molecular weight is 827 g/mol. The van der Waals surface area contributed by atoms with Gasteiger partial charge in [0.1, 0.15) is 0 Å². The van der Waals surface area contributed by atoms with E-state index in [4.69, 9.17) is 220 Å². The molecule has 0 amide bonds. The molecule has 0 saturated carbocycles. The molecule has 0 unspecified atom stereocenters. The van der Waals surface area contributed by atoms with Gasteiger partial charge in [-0.15, -0.1) is 0 Å². The average Bonchev–Trinajstić information content (AvgIpc) is 2.52. The van der Waals surface area contributed by atoms with Crippen LogP contribution < -0.4 is 0 Å². The molecule has 0 bridgehead atoms. The Bertz CT molecular complexity index is 701. The molecule has 2 nitrogen and oxygen atoms in total. The third-order valence-corrected chi connectivity index (χ3v) is 16.4. The topological polar surface area (TPSA) is 37.3 Å². The molecular formula is C10HCl19O2. The SMILES string of the molecule is O=C(O)C(Cl)(Cl)C(Cl)(Cl)C(Cl)(Cl)C(Cl)(Cl)C(Cl)(Cl)C(Cl)(Cl)C(Cl)(Cl)C(Cl)(Cl)C(Cl)(Cl)Cl. The van der Waals surface area contributed by atoms with Gasteiger partial charge in [-0.1, -0.05) is 220 Å². The fourth-order valence-electron chi connectivity index (χ4n) is 1.50. The van der Waals surface area contributed by atoms with Gasteiger partial charge in [-0.05, 0) is 0 Å². The molecule has 31 heavy (non-hydrogen) atoms. The first-order valence-electron chi connectivity index (χ1n) is 6.27. The monoisotopic (exact) mass is 817 g/mol. The van der Waals surface area contributed by atoms with Crippen molar-refractivity contribution in [3.8, 4) is 0 Å². The molecule has 21 heteroatoms. The number of carbonyl (C=O) groups is 1. The van der Waals surface area contributed by atoms with E-state index in [0.717, 1.165) is 0 Å². The molecule has 0 fully saturated rings. The second kappa shape index (κ2) is 10.5. The van der Waals surface area contributed by atoms with Crippen LogP contribution in [0.15, 0.2) is 0 Å². The summed E-state index contributed by atoms with van der Waals surface area (Å²) in [5, 5.41) is 9.22. The quantitative estimate of drug-likeness (QED) is 0.248. The van der Waals surface area contributed by atoms with E-state index in [1.165, 1.54) is 0 Å². The smallest absolute Gasteiger partial charge is 0.343 e. The molecule has 0 aromatic rings. The van der Waals surface area contributed by atoms with Crippen molar-refractivity contribution in [2.45, 2.75) is 38.5 Å². The Labute approximate surface area is 271 Å². The minimum absolute atomic E-state index is 2.05. The predicted octanol–water partition coefficient (Wildman–Crippen LogP) is 10.8. The number of hydrogen-bond donors (Lipinski definition) is 1. The Morgan fingerprint density at radius 3 is 0.774 bits per heavy atom. The molecule has 0 aromatic carbocycles. The lowest BCUT2D eigenvalue weighted by Crippen LogP contribution is -2.72. The van der Waals surface area contributed by atoms with Crippen LogP contribution in [0.1, 0.15) is 0 Å². The number of carboxylic acid groups (broad SMARTS) is 1. The maximum atomic E-state index is 11.4. The summed E-state index contributed by atoms with van der Waals surface area (Å²) in [6.07, 6.45) is 0. The van der Waals surface area contributed by atoms with Gasteiger partial charge in [-0.3, -0.25) is 0 Å². The highest BCUT2D eigenvalue weighted by atomic mass is 35.6. The van der Waals surface area contributed by atoms with Crippen LogP contribution in [0.4, 0.5) is 0 Å². The van der Waals surface area contributed by atoms with Gasteiger partial charge >= 0.3 is 5.97 Å². The van der Waals surface area contributed by atoms with Crippen LogP contribution in [-0.2, 0) is 4.79 Å². The standard InChI is InChI=1S/C10HCl19O2/c11-2(12,1(30)31)3(13,14)4(15,16)5(17,18)6(19,20)7(21,22)8(23,24)9(25,26)10(27,28)29/h(H,30,31). The Kier molecular flexibility index (Phi) is 12.2. The lowest BCUT2D eigenvalue weighted by molar-refractivity contribution is -0.138. The van der Waals surface area contributed by atoms with Gasteiger partial charge in [0, 0.05) is 0 Å². The molecule has 1 N–H and O–H groups in total. The lowest BCUT2D eigenvalue weighted by Gasteiger charge is -2.54. The first kappa shape index (κ1) is 36.0. The van der Waals surface area contributed by atoms with E-state index >= 15 is 0 Å². The van der Waals surface area contributed by atoms with Gasteiger partial charge in [0.05, 0.1) is 0 Å². The Morgan fingerprint density at radius 1 is 0.387 bits per heavy atom. The summed E-state index contributed by atoms with van der Waals surface area (Å²) in [5.41, 5.74) is 0. The Hall–Kier alpha value is 4.98. The van der Waals surface area contributed by atoms with Gasteiger partial charge in [-0.2, -0.15) is 0 Å². The fourth-order valence-corrected chi connectivity index (χ4v) is 7.22. The summed E-state index contributed by atoms with van der Waals surface area (Å²) in [6, 6.07) is 0. The summed E-state index contributed by atoms with van der Waals surface area (Å²) < 4.78 is -28.0. The number of rotatable bonds is 8. The van der Waals surface area contributed by atoms with E-state index in [1.54, 1.807) is 0 Å². The first-order chi connectivity index (χ1) is 12.9. The van der Waals surface area contributed by atoms with Crippen molar-refractivity contribution in [1.29, 1.82) is 0 Å². The molecule has 0 saturated heterocycles. The highest BCUT2D eigenvalue weighted by molar-refractivity contribution is 6.83. The molecule has 0 atom stereocenters. The van der Waals surface area contributed by atoms with Crippen molar-refractivity contribution in [3.63, 3.8) is 0 Å². The van der Waals surface area contributed by atoms with Crippen molar-refractivity contribution in [2.24, 2.45) is 0 Å². The second-order valence-corrected chi connectivity index (χ2v) is 18.3. The highest BCUT2D eigenvalue weighted by Gasteiger charge is 2.83. The van der Waals surface area contributed by atoms with Crippen LogP contribution in [0.2, 0.25) is 0 Å². The number of halogens is 19. The molecule has 0 spiro atoms. The summed E-state index contributed by atoms with van der Waals surface area (Å²) in [4.78, 5) is 11.4. The maximum absolute atomic E-state index is 11.4. The fraction of sp³-hybridized carbons (Fsp3) is 0.900. The van der Waals surface area contributed by atoms with Crippen molar-refractivity contribution in [1.82, 2.24) is 0 Å². The number of aliphatic carboxylic acids is 1. The van der Waals surface area contributed by atoms with E-state index in [1.807, 2.05) is 0 Å². The van der Waals surface area contributed by atoms with E-state index < -0.39 is 44.4 Å². The summed E-state index contributed by atoms with van der Waals surface area (Å²) in [7, 11) is 0. The van der Waals surface area contributed by atoms with E-state index in [9.17, 15) is 9.90 Å². The van der Waals surface area contributed by atoms with E-state index in [2.05, 4.69) is 0 Å². The van der Waals surface area contributed by atoms with Crippen LogP contribution >= 0.6 is 220 Å². The van der Waals surface area contributed by atoms with Gasteiger partial charge in [0.25, 0.3) is 0 Å². The van der Waals surface area contributed by atoms with Crippen LogP contribution in [0.3, 0.4) is 0 Å². The third kappa shape index (κ3) is 5.53. The summed E-state index contributed by atoms with van der Waals surface area (Å²) in [6.45, 7) is 0. The molecule has 0 aliphatic rings. The molecule has 186 valence electrons. The molecular weight excluding hydrogens is 826 g/mol. The summed E-state index contributed by atoms with van der Waals surface area (Å²) >= 11 is 113. The zero-order valence-corrected chi connectivity index (χ0v) is 27.4.